The van der Waals surface area contributed by atoms with Crippen molar-refractivity contribution in [2.24, 2.45) is 0 Å². The van der Waals surface area contributed by atoms with Gasteiger partial charge in [0, 0.05) is 23.6 Å². The van der Waals surface area contributed by atoms with E-state index in [1.165, 1.54) is 0 Å². The van der Waals surface area contributed by atoms with Gasteiger partial charge >= 0.3 is 0 Å². The number of hydrogen-bond donors (Lipinski definition) is 1. The van der Waals surface area contributed by atoms with Gasteiger partial charge in [-0.3, -0.25) is 4.57 Å². The Morgan fingerprint density at radius 2 is 1.74 bits per heavy atom. The predicted octanol–water partition coefficient (Wildman–Crippen LogP) is 6.52. The quantitative estimate of drug-likeness (QED) is 0.247. The first-order chi connectivity index (χ1) is 18.6. The number of fused-ring (bicyclic) bond motifs is 1. The summed E-state index contributed by atoms with van der Waals surface area (Å²) in [6, 6.07) is 21.5. The zero-order valence-electron chi connectivity index (χ0n) is 22.8. The molecular weight excluding hydrogens is 502 g/mol. The third-order valence-corrected chi connectivity index (χ3v) is 11.8. The van der Waals surface area contributed by atoms with Crippen LogP contribution in [0.3, 0.4) is 0 Å². The molecule has 2 N–H and O–H groups in total. The molecule has 4 heterocycles. The third kappa shape index (κ3) is 5.17. The van der Waals surface area contributed by atoms with Gasteiger partial charge in [0.1, 0.15) is 23.1 Å². The number of nitriles is 1. The topological polar surface area (TPSA) is 116 Å². The van der Waals surface area contributed by atoms with E-state index in [1.807, 2.05) is 34.9 Å². The van der Waals surface area contributed by atoms with Crippen LogP contribution in [0.15, 0.2) is 73.1 Å². The molecule has 0 saturated heterocycles. The minimum Gasteiger partial charge on any atom is -0.413 e. The smallest absolute Gasteiger partial charge is 0.192 e. The summed E-state index contributed by atoms with van der Waals surface area (Å²) < 4.78 is 8.42. The molecule has 0 bridgehead atoms. The Balaban J connectivity index is 1.61. The van der Waals surface area contributed by atoms with Crippen molar-refractivity contribution >= 4 is 25.3 Å². The summed E-state index contributed by atoms with van der Waals surface area (Å²) in [6.07, 6.45) is 3.28. The van der Waals surface area contributed by atoms with Gasteiger partial charge in [-0.25, -0.2) is 19.9 Å². The average Bonchev–Trinajstić information content (AvgIpc) is 3.30. The predicted molar refractivity (Wildman–Crippen MR) is 156 cm³/mol. The number of benzene rings is 1. The maximum Gasteiger partial charge on any atom is 0.192 e. The lowest BCUT2D eigenvalue weighted by Crippen LogP contribution is -2.40. The summed E-state index contributed by atoms with van der Waals surface area (Å²) in [6.45, 7) is 11.8. The van der Waals surface area contributed by atoms with Gasteiger partial charge in [-0.1, -0.05) is 32.9 Å². The maximum absolute atomic E-state index is 9.30. The Morgan fingerprint density at radius 1 is 0.974 bits per heavy atom. The molecule has 5 aromatic rings. The molecule has 39 heavy (non-hydrogen) atoms. The minimum absolute atomic E-state index is 0.146. The summed E-state index contributed by atoms with van der Waals surface area (Å²) in [7, 11) is -1.87. The highest BCUT2D eigenvalue weighted by Crippen LogP contribution is 2.37. The second-order valence-corrected chi connectivity index (χ2v) is 15.8. The largest absolute Gasteiger partial charge is 0.413 e. The van der Waals surface area contributed by atoms with Gasteiger partial charge in [0.2, 0.25) is 0 Å². The standard InChI is InChI=1S/C30H31N7OSi/c1-30(2,3)39(4,5)38-19-20-8-10-23(11-9-20)37-28(24-7-6-15-34-27(24)32)36-26-13-12-25(35-29(26)37)21-14-16-33-22(17-21)18-31/h6-17H,19H2,1-5H3,(H2,32,34). The SMILES string of the molecule is CC(C)(C)[Si](C)(C)OCc1ccc(-n2c(-c3cccnc3N)nc3ccc(-c4ccnc(C#N)c4)nc32)cc1. The Kier molecular flexibility index (Phi) is 6.76. The van der Waals surface area contributed by atoms with Crippen molar-refractivity contribution in [3.8, 4) is 34.4 Å². The molecule has 0 radical (unpaired) electrons. The molecule has 5 rings (SSSR count). The molecule has 8 nitrogen and oxygen atoms in total. The second-order valence-electron chi connectivity index (χ2n) is 11.0. The average molecular weight is 534 g/mol. The van der Waals surface area contributed by atoms with Crippen molar-refractivity contribution in [3.05, 3.63) is 84.3 Å². The fraction of sp³-hybridized carbons (Fsp3) is 0.233. The molecule has 9 heteroatoms. The van der Waals surface area contributed by atoms with Crippen molar-refractivity contribution in [1.82, 2.24) is 24.5 Å². The van der Waals surface area contributed by atoms with Crippen LogP contribution < -0.4 is 5.73 Å². The minimum atomic E-state index is -1.87. The monoisotopic (exact) mass is 533 g/mol. The van der Waals surface area contributed by atoms with Gasteiger partial charge in [-0.2, -0.15) is 5.26 Å². The van der Waals surface area contributed by atoms with E-state index >= 15 is 0 Å². The normalized spacial score (nSPS) is 12.0. The van der Waals surface area contributed by atoms with E-state index in [0.717, 1.165) is 27.9 Å². The van der Waals surface area contributed by atoms with E-state index in [9.17, 15) is 5.26 Å². The van der Waals surface area contributed by atoms with Gasteiger partial charge in [-0.05, 0) is 72.2 Å². The van der Waals surface area contributed by atoms with Gasteiger partial charge in [-0.15, -0.1) is 0 Å². The zero-order valence-corrected chi connectivity index (χ0v) is 23.8. The lowest BCUT2D eigenvalue weighted by Gasteiger charge is -2.36. The highest BCUT2D eigenvalue weighted by atomic mass is 28.4. The molecule has 0 atom stereocenters. The molecule has 0 aliphatic carbocycles. The van der Waals surface area contributed by atoms with Crippen LogP contribution in [0.5, 0.6) is 0 Å². The molecular formula is C30H31N7OSi. The zero-order chi connectivity index (χ0) is 27.8. The van der Waals surface area contributed by atoms with Crippen molar-refractivity contribution in [3.63, 3.8) is 0 Å². The maximum atomic E-state index is 9.30. The molecule has 4 aromatic heterocycles. The number of imidazole rings is 1. The fourth-order valence-electron chi connectivity index (χ4n) is 4.02. The van der Waals surface area contributed by atoms with E-state index < -0.39 is 8.32 Å². The highest BCUT2D eigenvalue weighted by Gasteiger charge is 2.37. The first-order valence-electron chi connectivity index (χ1n) is 12.8. The number of anilines is 1. The van der Waals surface area contributed by atoms with Crippen molar-refractivity contribution in [2.45, 2.75) is 45.5 Å². The number of rotatable bonds is 6. The van der Waals surface area contributed by atoms with Crippen LogP contribution in [0.2, 0.25) is 18.1 Å². The number of nitrogen functional groups attached to an aromatic ring is 1. The van der Waals surface area contributed by atoms with E-state index in [1.54, 1.807) is 18.5 Å². The van der Waals surface area contributed by atoms with Gasteiger partial charge in [0.05, 0.1) is 17.9 Å². The van der Waals surface area contributed by atoms with Gasteiger partial charge < -0.3 is 10.2 Å². The second kappa shape index (κ2) is 10.1. The molecule has 0 fully saturated rings. The summed E-state index contributed by atoms with van der Waals surface area (Å²) in [4.78, 5) is 18.2. The third-order valence-electron chi connectivity index (χ3n) is 7.35. The number of aromatic nitrogens is 5. The first kappa shape index (κ1) is 26.2. The van der Waals surface area contributed by atoms with Crippen LogP contribution in [0, 0.1) is 11.3 Å². The lowest BCUT2D eigenvalue weighted by molar-refractivity contribution is 0.276. The van der Waals surface area contributed by atoms with Crippen LogP contribution >= 0.6 is 0 Å². The van der Waals surface area contributed by atoms with Gasteiger partial charge in [0.25, 0.3) is 0 Å². The summed E-state index contributed by atoms with van der Waals surface area (Å²) in [5, 5.41) is 9.45. The van der Waals surface area contributed by atoms with Crippen LogP contribution in [0.25, 0.3) is 39.5 Å². The Hall–Kier alpha value is -4.39. The van der Waals surface area contributed by atoms with Crippen molar-refractivity contribution in [2.75, 3.05) is 5.73 Å². The Morgan fingerprint density at radius 3 is 2.44 bits per heavy atom. The van der Waals surface area contributed by atoms with Crippen LogP contribution in [0.4, 0.5) is 5.82 Å². The molecule has 0 unspecified atom stereocenters. The highest BCUT2D eigenvalue weighted by molar-refractivity contribution is 6.74. The number of pyridine rings is 3. The van der Waals surface area contributed by atoms with E-state index in [-0.39, 0.29) is 5.04 Å². The molecule has 196 valence electrons. The van der Waals surface area contributed by atoms with Crippen LogP contribution in [-0.4, -0.2) is 32.8 Å². The molecule has 0 spiro atoms. The Labute approximate surface area is 229 Å². The first-order valence-corrected chi connectivity index (χ1v) is 15.7. The number of nitrogens with zero attached hydrogens (tertiary/aromatic N) is 6. The number of hydrogen-bond acceptors (Lipinski definition) is 7. The van der Waals surface area contributed by atoms with E-state index in [2.05, 4.69) is 74.2 Å². The summed E-state index contributed by atoms with van der Waals surface area (Å²) in [5.41, 5.74) is 12.2. The molecule has 0 saturated carbocycles. The van der Waals surface area contributed by atoms with Crippen LogP contribution in [-0.2, 0) is 11.0 Å². The molecule has 0 aliphatic heterocycles. The van der Waals surface area contributed by atoms with E-state index in [0.29, 0.717) is 35.3 Å². The summed E-state index contributed by atoms with van der Waals surface area (Å²) >= 11 is 0. The Bertz CT molecular complexity index is 1700. The van der Waals surface area contributed by atoms with Crippen LogP contribution in [0.1, 0.15) is 32.0 Å². The summed E-state index contributed by atoms with van der Waals surface area (Å²) in [5.74, 6) is 1.04. The fourth-order valence-corrected chi connectivity index (χ4v) is 4.98. The lowest BCUT2D eigenvalue weighted by atomic mass is 10.1. The van der Waals surface area contributed by atoms with E-state index in [4.69, 9.17) is 20.1 Å². The number of nitrogens with two attached hydrogens (primary N) is 1. The molecule has 0 amide bonds. The van der Waals surface area contributed by atoms with Gasteiger partial charge in [0.15, 0.2) is 19.8 Å². The van der Waals surface area contributed by atoms with Crippen molar-refractivity contribution < 1.29 is 4.43 Å². The molecule has 1 aromatic carbocycles. The molecule has 0 aliphatic rings. The van der Waals surface area contributed by atoms with Crippen molar-refractivity contribution in [1.29, 1.82) is 5.26 Å².